The summed E-state index contributed by atoms with van der Waals surface area (Å²) in [6, 6.07) is 14.3. The summed E-state index contributed by atoms with van der Waals surface area (Å²) >= 11 is 0. The Hall–Kier alpha value is -4.32. The van der Waals surface area contributed by atoms with E-state index in [-0.39, 0.29) is 0 Å². The average Bonchev–Trinajstić information content (AvgIpc) is 3.53. The van der Waals surface area contributed by atoms with Crippen molar-refractivity contribution in [1.82, 2.24) is 29.9 Å². The Balaban J connectivity index is 1.69. The number of hydrogen-bond donors (Lipinski definition) is 2. The molecule has 4 aromatic rings. The third-order valence-corrected chi connectivity index (χ3v) is 5.01. The minimum absolute atomic E-state index is 0.810. The first-order valence-electron chi connectivity index (χ1n) is 9.63. The van der Waals surface area contributed by atoms with Gasteiger partial charge in [0.2, 0.25) is 0 Å². The first-order chi connectivity index (χ1) is 14.8. The first-order valence-corrected chi connectivity index (χ1v) is 9.63. The standard InChI is InChI=1S/C24H16N6/c1-2-16-10-18-5-6-20(29-18)13-23-22(24-14-25-7-8-26-24)12-21(30-23)11-19-4-3-17(28-19)9-15(1)27-16/h1-14,28,30H. The van der Waals surface area contributed by atoms with Crippen LogP contribution < -0.4 is 0 Å². The van der Waals surface area contributed by atoms with Crippen LogP contribution in [0.5, 0.6) is 0 Å². The molecule has 30 heavy (non-hydrogen) atoms. The number of nitrogens with one attached hydrogen (secondary N) is 2. The number of hydrogen-bond acceptors (Lipinski definition) is 4. The zero-order valence-electron chi connectivity index (χ0n) is 15.9. The summed E-state index contributed by atoms with van der Waals surface area (Å²) in [4.78, 5) is 25.0. The molecule has 0 saturated carbocycles. The zero-order chi connectivity index (χ0) is 19.9. The van der Waals surface area contributed by atoms with Crippen LogP contribution in [0.25, 0.3) is 57.6 Å². The predicted molar refractivity (Wildman–Crippen MR) is 120 cm³/mol. The summed E-state index contributed by atoms with van der Waals surface area (Å²) in [5, 5.41) is 0. The lowest BCUT2D eigenvalue weighted by molar-refractivity contribution is 1.21. The van der Waals surface area contributed by atoms with E-state index in [1.807, 2.05) is 48.6 Å². The van der Waals surface area contributed by atoms with Gasteiger partial charge in [-0.15, -0.1) is 0 Å². The highest BCUT2D eigenvalue weighted by Gasteiger charge is 2.07. The van der Waals surface area contributed by atoms with Gasteiger partial charge in [-0.25, -0.2) is 9.97 Å². The van der Waals surface area contributed by atoms with Crippen LogP contribution in [-0.4, -0.2) is 29.9 Å². The lowest BCUT2D eigenvalue weighted by Gasteiger charge is -1.95. The molecule has 0 aromatic carbocycles. The molecule has 0 radical (unpaired) electrons. The Labute approximate surface area is 171 Å². The van der Waals surface area contributed by atoms with Gasteiger partial charge in [0.15, 0.2) is 0 Å². The lowest BCUT2D eigenvalue weighted by Crippen LogP contribution is -1.82. The number of rotatable bonds is 1. The maximum atomic E-state index is 4.72. The molecule has 0 fully saturated rings. The Bertz CT molecular complexity index is 1490. The molecule has 6 nitrogen and oxygen atoms in total. The molecule has 0 spiro atoms. The molecule has 0 atom stereocenters. The quantitative estimate of drug-likeness (QED) is 0.410. The lowest BCUT2D eigenvalue weighted by atomic mass is 10.2. The van der Waals surface area contributed by atoms with E-state index in [1.165, 1.54) is 0 Å². The van der Waals surface area contributed by atoms with Crippen LogP contribution in [0, 0.1) is 0 Å². The SMILES string of the molecule is C1=Cc2cc3ccc(cc4cc(-c5cnccn5)c(cc5nc(cc1n2)C=C5)[nH]4)[nH]3. The highest BCUT2D eigenvalue weighted by Crippen LogP contribution is 2.25. The van der Waals surface area contributed by atoms with E-state index in [9.17, 15) is 0 Å². The molecule has 0 aliphatic carbocycles. The second kappa shape index (κ2) is 6.63. The van der Waals surface area contributed by atoms with Crippen molar-refractivity contribution in [2.75, 3.05) is 0 Å². The van der Waals surface area contributed by atoms with Crippen molar-refractivity contribution in [3.8, 4) is 11.3 Å². The summed E-state index contributed by atoms with van der Waals surface area (Å²) in [6.07, 6.45) is 13.2. The van der Waals surface area contributed by atoms with Crippen LogP contribution >= 0.6 is 0 Å². The van der Waals surface area contributed by atoms with Gasteiger partial charge < -0.3 is 9.97 Å². The molecule has 0 unspecified atom stereocenters. The highest BCUT2D eigenvalue weighted by atomic mass is 14.8. The van der Waals surface area contributed by atoms with Gasteiger partial charge in [-0.05, 0) is 66.8 Å². The van der Waals surface area contributed by atoms with E-state index >= 15 is 0 Å². The molecule has 6 heteroatoms. The second-order valence-electron chi connectivity index (χ2n) is 7.18. The molecule has 8 bridgehead atoms. The molecular formula is C24H16N6. The number of fused-ring (bicyclic) bond motifs is 8. The van der Waals surface area contributed by atoms with Gasteiger partial charge in [0, 0.05) is 34.5 Å². The van der Waals surface area contributed by atoms with Gasteiger partial charge >= 0.3 is 0 Å². The Morgan fingerprint density at radius 3 is 2.03 bits per heavy atom. The van der Waals surface area contributed by atoms with Crippen LogP contribution in [0.1, 0.15) is 22.8 Å². The van der Waals surface area contributed by atoms with Crippen molar-refractivity contribution >= 4 is 46.4 Å². The molecule has 6 rings (SSSR count). The summed E-state index contributed by atoms with van der Waals surface area (Å²) in [5.41, 5.74) is 9.23. The topological polar surface area (TPSA) is 83.1 Å². The fraction of sp³-hybridized carbons (Fsp3) is 0. The molecule has 4 aromatic heterocycles. The van der Waals surface area contributed by atoms with Crippen LogP contribution in [0.4, 0.5) is 0 Å². The monoisotopic (exact) mass is 388 g/mol. The number of H-pyrrole nitrogens is 2. The van der Waals surface area contributed by atoms with Gasteiger partial charge in [0.05, 0.1) is 40.2 Å². The molecule has 6 heterocycles. The normalized spacial score (nSPS) is 12.4. The Morgan fingerprint density at radius 1 is 0.600 bits per heavy atom. The van der Waals surface area contributed by atoms with E-state index in [4.69, 9.17) is 4.98 Å². The van der Waals surface area contributed by atoms with Crippen LogP contribution in [0.3, 0.4) is 0 Å². The van der Waals surface area contributed by atoms with Crippen LogP contribution in [-0.2, 0) is 0 Å². The van der Waals surface area contributed by atoms with E-state index in [2.05, 4.69) is 43.1 Å². The third-order valence-electron chi connectivity index (χ3n) is 5.01. The maximum absolute atomic E-state index is 4.72. The first kappa shape index (κ1) is 16.6. The zero-order valence-corrected chi connectivity index (χ0v) is 15.9. The molecule has 0 amide bonds. The summed E-state index contributed by atoms with van der Waals surface area (Å²) in [6.45, 7) is 0. The van der Waals surface area contributed by atoms with Gasteiger partial charge in [-0.3, -0.25) is 9.97 Å². The van der Waals surface area contributed by atoms with E-state index < -0.39 is 0 Å². The summed E-state index contributed by atoms with van der Waals surface area (Å²) in [5.74, 6) is 0. The van der Waals surface area contributed by atoms with Crippen molar-refractivity contribution in [1.29, 1.82) is 0 Å². The maximum Gasteiger partial charge on any atom is 0.0906 e. The van der Waals surface area contributed by atoms with Crippen molar-refractivity contribution in [2.24, 2.45) is 0 Å². The highest BCUT2D eigenvalue weighted by molar-refractivity contribution is 5.86. The van der Waals surface area contributed by atoms with E-state index in [1.54, 1.807) is 18.6 Å². The Morgan fingerprint density at radius 2 is 1.30 bits per heavy atom. The van der Waals surface area contributed by atoms with E-state index in [0.717, 1.165) is 56.1 Å². The van der Waals surface area contributed by atoms with Crippen molar-refractivity contribution < 1.29 is 0 Å². The van der Waals surface area contributed by atoms with Crippen LogP contribution in [0.2, 0.25) is 0 Å². The van der Waals surface area contributed by atoms with Gasteiger partial charge in [-0.1, -0.05) is 0 Å². The summed E-state index contributed by atoms with van der Waals surface area (Å²) < 4.78 is 0. The van der Waals surface area contributed by atoms with Crippen LogP contribution in [0.15, 0.2) is 61.1 Å². The molecule has 2 aliphatic heterocycles. The van der Waals surface area contributed by atoms with Gasteiger partial charge in [0.25, 0.3) is 0 Å². The smallest absolute Gasteiger partial charge is 0.0906 e. The van der Waals surface area contributed by atoms with Crippen molar-refractivity contribution in [3.05, 3.63) is 83.8 Å². The fourth-order valence-corrected chi connectivity index (χ4v) is 3.67. The molecule has 2 N–H and O–H groups in total. The largest absolute Gasteiger partial charge is 0.355 e. The average molecular weight is 388 g/mol. The third kappa shape index (κ3) is 3.10. The fourth-order valence-electron chi connectivity index (χ4n) is 3.67. The summed E-state index contributed by atoms with van der Waals surface area (Å²) in [7, 11) is 0. The van der Waals surface area contributed by atoms with Gasteiger partial charge in [0.1, 0.15) is 0 Å². The van der Waals surface area contributed by atoms with Crippen molar-refractivity contribution in [2.45, 2.75) is 0 Å². The number of nitrogens with zero attached hydrogens (tertiary/aromatic N) is 4. The number of aromatic amines is 2. The van der Waals surface area contributed by atoms with E-state index in [0.29, 0.717) is 0 Å². The molecule has 142 valence electrons. The molecule has 0 saturated heterocycles. The molecular weight excluding hydrogens is 372 g/mol. The minimum Gasteiger partial charge on any atom is -0.355 e. The number of aromatic nitrogens is 6. The minimum atomic E-state index is 0.810. The van der Waals surface area contributed by atoms with Gasteiger partial charge in [-0.2, -0.15) is 0 Å². The predicted octanol–water partition coefficient (Wildman–Crippen LogP) is 5.11. The van der Waals surface area contributed by atoms with Crippen molar-refractivity contribution in [3.63, 3.8) is 0 Å². The Kier molecular flexibility index (Phi) is 3.67. The molecule has 2 aliphatic rings. The second-order valence-corrected chi connectivity index (χ2v) is 7.18.